The first-order valence-electron chi connectivity index (χ1n) is 9.25. The van der Waals surface area contributed by atoms with Crippen LogP contribution >= 0.6 is 34.5 Å². The van der Waals surface area contributed by atoms with Crippen LogP contribution in [-0.4, -0.2) is 17.5 Å². The number of ether oxygens (including phenoxy) is 1. The fourth-order valence-electron chi connectivity index (χ4n) is 3.20. The summed E-state index contributed by atoms with van der Waals surface area (Å²) in [5.41, 5.74) is 4.22. The van der Waals surface area contributed by atoms with Crippen molar-refractivity contribution in [3.05, 3.63) is 75.8 Å². The molecule has 1 amide bonds. The Bertz CT molecular complexity index is 1200. The highest BCUT2D eigenvalue weighted by Crippen LogP contribution is 2.36. The van der Waals surface area contributed by atoms with Gasteiger partial charge in [-0.25, -0.2) is 4.98 Å². The minimum atomic E-state index is -0.296. The molecule has 1 heterocycles. The van der Waals surface area contributed by atoms with Crippen molar-refractivity contribution in [2.24, 2.45) is 0 Å². The molecule has 4 aromatic rings. The second kappa shape index (κ2) is 8.64. The van der Waals surface area contributed by atoms with Gasteiger partial charge >= 0.3 is 0 Å². The van der Waals surface area contributed by atoms with Gasteiger partial charge in [0.2, 0.25) is 0 Å². The molecule has 7 heteroatoms. The molecule has 0 aliphatic rings. The quantitative estimate of drug-likeness (QED) is 0.355. The predicted octanol–water partition coefficient (Wildman–Crippen LogP) is 6.90. The molecule has 1 aromatic heterocycles. The Labute approximate surface area is 188 Å². The van der Waals surface area contributed by atoms with Gasteiger partial charge in [0.25, 0.3) is 5.91 Å². The lowest BCUT2D eigenvalue weighted by Crippen LogP contribution is -2.21. The number of halogens is 2. The topological polar surface area (TPSA) is 51.2 Å². The van der Waals surface area contributed by atoms with Crippen LogP contribution in [0.3, 0.4) is 0 Å². The van der Waals surface area contributed by atoms with E-state index in [1.165, 1.54) is 0 Å². The van der Waals surface area contributed by atoms with Crippen molar-refractivity contribution in [1.82, 2.24) is 4.98 Å². The summed E-state index contributed by atoms with van der Waals surface area (Å²) in [4.78, 5) is 17.3. The Morgan fingerprint density at radius 1 is 1.10 bits per heavy atom. The molecule has 4 rings (SSSR count). The maximum Gasteiger partial charge on any atom is 0.262 e. The number of nitrogens with one attached hydrogen (secondary N) is 1. The fraction of sp³-hybridized carbons (Fsp3) is 0.130. The van der Waals surface area contributed by atoms with Crippen LogP contribution in [0, 0.1) is 13.8 Å². The van der Waals surface area contributed by atoms with Crippen LogP contribution in [-0.2, 0) is 4.79 Å². The van der Waals surface area contributed by atoms with Gasteiger partial charge in [-0.3, -0.25) is 4.79 Å². The van der Waals surface area contributed by atoms with Crippen molar-refractivity contribution < 1.29 is 9.53 Å². The number of amides is 1. The summed E-state index contributed by atoms with van der Waals surface area (Å²) in [5.74, 6) is 0.218. The molecule has 0 spiro atoms. The van der Waals surface area contributed by atoms with Crippen molar-refractivity contribution in [1.29, 1.82) is 0 Å². The van der Waals surface area contributed by atoms with E-state index in [-0.39, 0.29) is 12.5 Å². The predicted molar refractivity (Wildman–Crippen MR) is 125 cm³/mol. The number of aromatic nitrogens is 1. The number of benzene rings is 3. The lowest BCUT2D eigenvalue weighted by atomic mass is 10.1. The fourth-order valence-corrected chi connectivity index (χ4v) is 4.74. The highest BCUT2D eigenvalue weighted by Gasteiger charge is 2.15. The monoisotopic (exact) mass is 456 g/mol. The number of fused-ring (bicyclic) bond motifs is 1. The number of hydrogen-bond acceptors (Lipinski definition) is 4. The first-order valence-corrected chi connectivity index (χ1v) is 10.8. The zero-order valence-electron chi connectivity index (χ0n) is 16.3. The number of carbonyl (C=O) groups excluding carboxylic acids is 1. The number of para-hydroxylation sites is 1. The molecule has 0 bridgehead atoms. The molecular formula is C23H18Cl2N2O2S. The van der Waals surface area contributed by atoms with Gasteiger partial charge in [0.1, 0.15) is 10.8 Å². The summed E-state index contributed by atoms with van der Waals surface area (Å²) in [6.45, 7) is 3.70. The third-order valence-corrected chi connectivity index (χ3v) is 6.09. The molecule has 0 aliphatic heterocycles. The summed E-state index contributed by atoms with van der Waals surface area (Å²) >= 11 is 14.0. The van der Waals surface area contributed by atoms with Crippen LogP contribution in [0.2, 0.25) is 10.0 Å². The van der Waals surface area contributed by atoms with Gasteiger partial charge in [-0.2, -0.15) is 0 Å². The molecule has 0 radical (unpaired) electrons. The SMILES string of the molecule is Cc1cc(C)c(OCC(=O)Nc2ccc(Cl)cc2-c2nc3ccccc3s2)c(Cl)c1. The highest BCUT2D eigenvalue weighted by atomic mass is 35.5. The van der Waals surface area contributed by atoms with Gasteiger partial charge in [-0.1, -0.05) is 41.4 Å². The molecule has 4 nitrogen and oxygen atoms in total. The lowest BCUT2D eigenvalue weighted by Gasteiger charge is -2.13. The summed E-state index contributed by atoms with van der Waals surface area (Å²) < 4.78 is 6.76. The zero-order valence-corrected chi connectivity index (χ0v) is 18.7. The molecule has 30 heavy (non-hydrogen) atoms. The minimum absolute atomic E-state index is 0.161. The number of rotatable bonds is 5. The molecule has 0 atom stereocenters. The summed E-state index contributed by atoms with van der Waals surface area (Å²) in [6, 6.07) is 17.0. The maximum absolute atomic E-state index is 12.6. The van der Waals surface area contributed by atoms with Crippen molar-refractivity contribution in [2.75, 3.05) is 11.9 Å². The van der Waals surface area contributed by atoms with Crippen LogP contribution in [0.15, 0.2) is 54.6 Å². The number of hydrogen-bond donors (Lipinski definition) is 1. The lowest BCUT2D eigenvalue weighted by molar-refractivity contribution is -0.118. The van der Waals surface area contributed by atoms with E-state index in [9.17, 15) is 4.79 Å². The Morgan fingerprint density at radius 3 is 2.67 bits per heavy atom. The summed E-state index contributed by atoms with van der Waals surface area (Å²) in [7, 11) is 0. The second-order valence-corrected chi connectivity index (χ2v) is 8.78. The number of carbonyl (C=O) groups is 1. The van der Waals surface area contributed by atoms with Crippen molar-refractivity contribution in [2.45, 2.75) is 13.8 Å². The molecule has 0 aliphatic carbocycles. The molecule has 0 unspecified atom stereocenters. The molecule has 0 saturated heterocycles. The Kier molecular flexibility index (Phi) is 5.95. The zero-order chi connectivity index (χ0) is 21.3. The van der Waals surface area contributed by atoms with E-state index in [1.54, 1.807) is 29.5 Å². The Hall–Kier alpha value is -2.60. The Balaban J connectivity index is 1.55. The molecule has 152 valence electrons. The van der Waals surface area contributed by atoms with Gasteiger partial charge in [0.15, 0.2) is 6.61 Å². The average Bonchev–Trinajstić information content (AvgIpc) is 3.12. The highest BCUT2D eigenvalue weighted by molar-refractivity contribution is 7.21. The van der Waals surface area contributed by atoms with E-state index in [4.69, 9.17) is 27.9 Å². The van der Waals surface area contributed by atoms with Crippen molar-refractivity contribution in [3.63, 3.8) is 0 Å². The van der Waals surface area contributed by atoms with Crippen LogP contribution in [0.5, 0.6) is 5.75 Å². The van der Waals surface area contributed by atoms with Gasteiger partial charge in [-0.15, -0.1) is 11.3 Å². The summed E-state index contributed by atoms with van der Waals surface area (Å²) in [5, 5.41) is 4.74. The number of aryl methyl sites for hydroxylation is 2. The summed E-state index contributed by atoms with van der Waals surface area (Å²) in [6.07, 6.45) is 0. The van der Waals surface area contributed by atoms with E-state index >= 15 is 0 Å². The minimum Gasteiger partial charge on any atom is -0.482 e. The third-order valence-electron chi connectivity index (χ3n) is 4.50. The van der Waals surface area contributed by atoms with Crippen LogP contribution in [0.25, 0.3) is 20.8 Å². The second-order valence-electron chi connectivity index (χ2n) is 6.91. The van der Waals surface area contributed by atoms with E-state index in [0.717, 1.165) is 31.9 Å². The molecule has 3 aromatic carbocycles. The molecular weight excluding hydrogens is 439 g/mol. The first-order chi connectivity index (χ1) is 14.4. The van der Waals surface area contributed by atoms with Crippen LogP contribution < -0.4 is 10.1 Å². The van der Waals surface area contributed by atoms with Gasteiger partial charge < -0.3 is 10.1 Å². The van der Waals surface area contributed by atoms with E-state index in [2.05, 4.69) is 10.3 Å². The largest absolute Gasteiger partial charge is 0.482 e. The third kappa shape index (κ3) is 4.43. The van der Waals surface area contributed by atoms with E-state index in [1.807, 2.05) is 50.2 Å². The van der Waals surface area contributed by atoms with Crippen LogP contribution in [0.1, 0.15) is 11.1 Å². The van der Waals surface area contributed by atoms with Crippen LogP contribution in [0.4, 0.5) is 5.69 Å². The van der Waals surface area contributed by atoms with Gasteiger partial charge in [0.05, 0.1) is 20.9 Å². The number of thiazole rings is 1. The van der Waals surface area contributed by atoms with E-state index in [0.29, 0.717) is 21.5 Å². The molecule has 1 N–H and O–H groups in total. The number of anilines is 1. The average molecular weight is 457 g/mol. The normalized spacial score (nSPS) is 10.9. The first kappa shape index (κ1) is 20.7. The molecule has 0 saturated carbocycles. The van der Waals surface area contributed by atoms with Crippen molar-refractivity contribution >= 4 is 56.3 Å². The van der Waals surface area contributed by atoms with Gasteiger partial charge in [0, 0.05) is 10.6 Å². The number of nitrogens with zero attached hydrogens (tertiary/aromatic N) is 1. The van der Waals surface area contributed by atoms with E-state index < -0.39 is 0 Å². The maximum atomic E-state index is 12.6. The Morgan fingerprint density at radius 2 is 1.90 bits per heavy atom. The molecule has 0 fully saturated rings. The van der Waals surface area contributed by atoms with Gasteiger partial charge in [-0.05, 0) is 61.4 Å². The smallest absolute Gasteiger partial charge is 0.262 e. The standard InChI is InChI=1S/C23H18Cl2N2O2S/c1-13-9-14(2)22(17(25)10-13)29-12-21(28)26-18-8-7-15(24)11-16(18)23-27-19-5-3-4-6-20(19)30-23/h3-11H,12H2,1-2H3,(H,26,28). The van der Waals surface area contributed by atoms with Crippen molar-refractivity contribution in [3.8, 4) is 16.3 Å².